The van der Waals surface area contributed by atoms with E-state index in [0.717, 1.165) is 3.87 Å². The molecule has 0 spiro atoms. The fourth-order valence-corrected chi connectivity index (χ4v) is 3.06. The van der Waals surface area contributed by atoms with Crippen molar-refractivity contribution in [3.63, 3.8) is 0 Å². The van der Waals surface area contributed by atoms with Gasteiger partial charge in [0.2, 0.25) is 0 Å². The van der Waals surface area contributed by atoms with Crippen molar-refractivity contribution >= 4 is 22.5 Å². The summed E-state index contributed by atoms with van der Waals surface area (Å²) in [6.45, 7) is 0. The van der Waals surface area contributed by atoms with Gasteiger partial charge in [0, 0.05) is 0 Å². The van der Waals surface area contributed by atoms with Crippen LogP contribution in [-0.4, -0.2) is 7.11 Å². The number of benzene rings is 1. The van der Waals surface area contributed by atoms with E-state index >= 15 is 0 Å². The molecule has 0 saturated carbocycles. The fourth-order valence-electron chi connectivity index (χ4n) is 0.750. The van der Waals surface area contributed by atoms with Gasteiger partial charge in [-0.25, -0.2) is 0 Å². The Balaban J connectivity index is 2.93. The van der Waals surface area contributed by atoms with Crippen LogP contribution in [-0.2, 0) is 18.2 Å². The van der Waals surface area contributed by atoms with Crippen molar-refractivity contribution < 1.29 is 18.2 Å². The van der Waals surface area contributed by atoms with Crippen molar-refractivity contribution in [1.29, 1.82) is 0 Å². The average molecular weight is 227 g/mol. The van der Waals surface area contributed by atoms with Crippen LogP contribution in [0, 0.1) is 0 Å². The van der Waals surface area contributed by atoms with Gasteiger partial charge < -0.3 is 0 Å². The molecule has 0 bridgehead atoms. The molecule has 1 aromatic rings. The van der Waals surface area contributed by atoms with Gasteiger partial charge in [-0.3, -0.25) is 0 Å². The van der Waals surface area contributed by atoms with Crippen molar-refractivity contribution in [2.75, 3.05) is 7.11 Å². The Kier molecular flexibility index (Phi) is 3.41. The Morgan fingerprint density at radius 1 is 1.18 bits per heavy atom. The first-order valence-electron chi connectivity index (χ1n) is 3.15. The Bertz CT molecular complexity index is 225. The number of hydrogen-bond acceptors (Lipinski definition) is 1. The molecule has 0 N–H and O–H groups in total. The molecule has 0 amide bonds. The number of hydrogen-bond donors (Lipinski definition) is 0. The third-order valence-corrected chi connectivity index (χ3v) is 6.81. The van der Waals surface area contributed by atoms with Gasteiger partial charge in [0.1, 0.15) is 0 Å². The summed E-state index contributed by atoms with van der Waals surface area (Å²) in [4.78, 5) is 0. The molecule has 1 nitrogen and oxygen atoms in total. The van der Waals surface area contributed by atoms with Crippen LogP contribution in [0.15, 0.2) is 30.3 Å². The molecule has 0 radical (unpaired) electrons. The van der Waals surface area contributed by atoms with E-state index in [1.807, 2.05) is 30.3 Å². The zero-order chi connectivity index (χ0) is 8.32. The molecular formula is C7H8Cl2OTi. The molecular weight excluding hydrogens is 219 g/mol. The standard InChI is InChI=1S/C6H5.CH3O.2ClH.Ti/c1-2-4-6-5-3-1;1-2;;;/h1-5H;1H3;2*1H;/q;-1;;;+3/p-2. The van der Waals surface area contributed by atoms with Crippen molar-refractivity contribution in [3.05, 3.63) is 30.3 Å². The molecule has 11 heavy (non-hydrogen) atoms. The summed E-state index contributed by atoms with van der Waals surface area (Å²) in [7, 11) is 13.5. The molecule has 0 heterocycles. The second kappa shape index (κ2) is 3.93. The van der Waals surface area contributed by atoms with Gasteiger partial charge >= 0.3 is 78.1 Å². The van der Waals surface area contributed by atoms with E-state index in [0.29, 0.717) is 0 Å². The molecule has 1 aromatic carbocycles. The van der Waals surface area contributed by atoms with Gasteiger partial charge in [-0.05, 0) is 0 Å². The van der Waals surface area contributed by atoms with Crippen LogP contribution in [0.2, 0.25) is 0 Å². The predicted octanol–water partition coefficient (Wildman–Crippen LogP) is 2.33. The third kappa shape index (κ3) is 2.46. The number of rotatable bonds is 2. The Labute approximate surface area is 77.9 Å². The molecule has 0 aliphatic rings. The van der Waals surface area contributed by atoms with Crippen LogP contribution < -0.4 is 3.87 Å². The second-order valence-corrected chi connectivity index (χ2v) is 10.4. The van der Waals surface area contributed by atoms with Crippen molar-refractivity contribution in [3.8, 4) is 0 Å². The molecule has 0 fully saturated rings. The van der Waals surface area contributed by atoms with E-state index in [1.54, 1.807) is 7.11 Å². The third-order valence-electron chi connectivity index (χ3n) is 1.37. The van der Waals surface area contributed by atoms with Crippen LogP contribution in [0.3, 0.4) is 0 Å². The van der Waals surface area contributed by atoms with E-state index in [9.17, 15) is 0 Å². The summed E-state index contributed by atoms with van der Waals surface area (Å²) in [6.07, 6.45) is 0. The van der Waals surface area contributed by atoms with E-state index < -0.39 is 14.9 Å². The predicted molar refractivity (Wildman–Crippen MR) is 44.8 cm³/mol. The summed E-state index contributed by atoms with van der Waals surface area (Å²) >= 11 is -3.09. The van der Waals surface area contributed by atoms with Crippen LogP contribution >= 0.6 is 18.6 Å². The van der Waals surface area contributed by atoms with Gasteiger partial charge in [0.25, 0.3) is 0 Å². The molecule has 0 atom stereocenters. The van der Waals surface area contributed by atoms with Gasteiger partial charge in [0.15, 0.2) is 0 Å². The molecule has 4 heteroatoms. The Hall–Kier alpha value is 0.474. The first-order valence-corrected chi connectivity index (χ1v) is 8.87. The number of halogens is 2. The van der Waals surface area contributed by atoms with Gasteiger partial charge in [-0.1, -0.05) is 0 Å². The normalized spacial score (nSPS) is 11.5. The zero-order valence-electron chi connectivity index (χ0n) is 6.05. The minimum absolute atomic E-state index is 0.929. The van der Waals surface area contributed by atoms with Crippen molar-refractivity contribution in [2.45, 2.75) is 0 Å². The first kappa shape index (κ1) is 9.56. The van der Waals surface area contributed by atoms with Crippen LogP contribution in [0.1, 0.15) is 0 Å². The topological polar surface area (TPSA) is 9.23 Å². The molecule has 0 unspecified atom stereocenters. The maximum absolute atomic E-state index is 5.98. The minimum atomic E-state index is -3.09. The zero-order valence-corrected chi connectivity index (χ0v) is 9.12. The summed E-state index contributed by atoms with van der Waals surface area (Å²) in [5.41, 5.74) is 0. The van der Waals surface area contributed by atoms with Crippen LogP contribution in [0.4, 0.5) is 0 Å². The SMILES string of the molecule is C[O][Ti]([Cl])([Cl])[c]1ccccc1. The molecule has 0 aliphatic heterocycles. The summed E-state index contributed by atoms with van der Waals surface area (Å²) in [6, 6.07) is 9.51. The van der Waals surface area contributed by atoms with E-state index in [-0.39, 0.29) is 0 Å². The van der Waals surface area contributed by atoms with Gasteiger partial charge in [-0.2, -0.15) is 0 Å². The average Bonchev–Trinajstić information content (AvgIpc) is 2.06. The maximum atomic E-state index is 5.98. The molecule has 1 rings (SSSR count). The van der Waals surface area contributed by atoms with Crippen LogP contribution in [0.5, 0.6) is 0 Å². The first-order chi connectivity index (χ1) is 5.17. The molecule has 0 aliphatic carbocycles. The van der Waals surface area contributed by atoms with Gasteiger partial charge in [0.05, 0.1) is 0 Å². The van der Waals surface area contributed by atoms with Crippen molar-refractivity contribution in [2.24, 2.45) is 0 Å². The molecule has 0 aromatic heterocycles. The molecule has 60 valence electrons. The second-order valence-electron chi connectivity index (χ2n) is 2.09. The summed E-state index contributed by atoms with van der Waals surface area (Å²) in [5, 5.41) is 0. The van der Waals surface area contributed by atoms with Gasteiger partial charge in [-0.15, -0.1) is 0 Å². The Morgan fingerprint density at radius 3 is 2.18 bits per heavy atom. The van der Waals surface area contributed by atoms with E-state index in [4.69, 9.17) is 21.9 Å². The summed E-state index contributed by atoms with van der Waals surface area (Å²) < 4.78 is 5.97. The monoisotopic (exact) mass is 226 g/mol. The fraction of sp³-hybridized carbons (Fsp3) is 0.143. The quantitative estimate of drug-likeness (QED) is 0.704. The Morgan fingerprint density at radius 2 is 1.73 bits per heavy atom. The van der Waals surface area contributed by atoms with E-state index in [1.165, 1.54) is 0 Å². The molecule has 0 saturated heterocycles. The van der Waals surface area contributed by atoms with Crippen molar-refractivity contribution in [1.82, 2.24) is 0 Å². The van der Waals surface area contributed by atoms with Crippen LogP contribution in [0.25, 0.3) is 0 Å². The van der Waals surface area contributed by atoms with E-state index in [2.05, 4.69) is 0 Å². The summed E-state index contributed by atoms with van der Waals surface area (Å²) in [5.74, 6) is 0.